The van der Waals surface area contributed by atoms with Gasteiger partial charge in [0.25, 0.3) is 0 Å². The first-order valence-corrected chi connectivity index (χ1v) is 4.59. The van der Waals surface area contributed by atoms with Gasteiger partial charge < -0.3 is 14.6 Å². The van der Waals surface area contributed by atoms with E-state index < -0.39 is 11.7 Å². The van der Waals surface area contributed by atoms with Crippen LogP contribution in [-0.4, -0.2) is 35.6 Å². The molecule has 3 nitrogen and oxygen atoms in total. The third-order valence-electron chi connectivity index (χ3n) is 1.10. The highest BCUT2D eigenvalue weighted by molar-refractivity contribution is 6.19. The van der Waals surface area contributed by atoms with Gasteiger partial charge in [-0.25, -0.2) is 0 Å². The molecular weight excluding hydrogens is 203 g/mol. The first-order valence-electron chi connectivity index (χ1n) is 3.72. The molecule has 5 heteroatoms. The molecule has 0 aliphatic rings. The van der Waals surface area contributed by atoms with Gasteiger partial charge in [-0.3, -0.25) is 0 Å². The number of aliphatic hydroxyl groups is 1. The fourth-order valence-corrected chi connectivity index (χ4v) is 0.858. The molecule has 0 fully saturated rings. The summed E-state index contributed by atoms with van der Waals surface area (Å²) in [6, 6.07) is 0. The molecule has 0 rings (SSSR count). The van der Waals surface area contributed by atoms with Gasteiger partial charge in [-0.15, -0.1) is 0 Å². The first kappa shape index (κ1) is 12.5. The topological polar surface area (TPSA) is 38.7 Å². The summed E-state index contributed by atoms with van der Waals surface area (Å²) in [7, 11) is 0. The molecule has 3 atom stereocenters. The summed E-state index contributed by atoms with van der Waals surface area (Å²) < 4.78 is 10.1. The van der Waals surface area contributed by atoms with E-state index in [1.165, 1.54) is 0 Å². The number of hydrogen-bond acceptors (Lipinski definition) is 3. The fraction of sp³-hybridized carbons (Fsp3) is 1.00. The molecule has 0 aromatic carbocycles. The van der Waals surface area contributed by atoms with E-state index in [4.69, 9.17) is 37.8 Å². The number of halogens is 2. The van der Waals surface area contributed by atoms with Crippen LogP contribution in [0.4, 0.5) is 0 Å². The lowest BCUT2D eigenvalue weighted by Crippen LogP contribution is -2.27. The average molecular weight is 217 g/mol. The summed E-state index contributed by atoms with van der Waals surface area (Å²) in [5.74, 6) is 0. The Bertz CT molecular complexity index is 109. The SMILES string of the molecule is CC(Cl)OCC(CO)OC(C)Cl. The molecule has 0 spiro atoms. The number of ether oxygens (including phenoxy) is 2. The zero-order chi connectivity index (χ0) is 9.56. The number of aliphatic hydroxyl groups excluding tert-OH is 1. The lowest BCUT2D eigenvalue weighted by molar-refractivity contribution is -0.0535. The summed E-state index contributed by atoms with van der Waals surface area (Å²) in [5.41, 5.74) is -0.815. The normalized spacial score (nSPS) is 18.8. The first-order chi connectivity index (χ1) is 5.56. The molecule has 0 saturated heterocycles. The molecule has 12 heavy (non-hydrogen) atoms. The van der Waals surface area contributed by atoms with Gasteiger partial charge in [0.2, 0.25) is 0 Å². The van der Waals surface area contributed by atoms with E-state index in [9.17, 15) is 0 Å². The van der Waals surface area contributed by atoms with Crippen LogP contribution in [0.5, 0.6) is 0 Å². The quantitative estimate of drug-likeness (QED) is 0.686. The Morgan fingerprint density at radius 1 is 1.25 bits per heavy atom. The molecule has 0 amide bonds. The fourth-order valence-electron chi connectivity index (χ4n) is 0.640. The minimum atomic E-state index is -0.434. The van der Waals surface area contributed by atoms with Gasteiger partial charge in [-0.05, 0) is 13.8 Å². The van der Waals surface area contributed by atoms with Crippen molar-refractivity contribution in [3.8, 4) is 0 Å². The van der Waals surface area contributed by atoms with Crippen molar-refractivity contribution in [2.45, 2.75) is 31.1 Å². The highest BCUT2D eigenvalue weighted by atomic mass is 35.5. The van der Waals surface area contributed by atoms with Gasteiger partial charge in [0.15, 0.2) is 0 Å². The molecular formula is C7H14Cl2O3. The monoisotopic (exact) mass is 216 g/mol. The van der Waals surface area contributed by atoms with Crippen molar-refractivity contribution in [1.29, 1.82) is 0 Å². The maximum Gasteiger partial charge on any atom is 0.129 e. The van der Waals surface area contributed by atoms with Crippen LogP contribution >= 0.6 is 23.2 Å². The summed E-state index contributed by atoms with van der Waals surface area (Å²) >= 11 is 11.1. The van der Waals surface area contributed by atoms with Gasteiger partial charge in [0.1, 0.15) is 17.2 Å². The van der Waals surface area contributed by atoms with E-state index in [2.05, 4.69) is 0 Å². The van der Waals surface area contributed by atoms with Crippen molar-refractivity contribution in [3.05, 3.63) is 0 Å². The van der Waals surface area contributed by atoms with Gasteiger partial charge in [-0.1, -0.05) is 23.2 Å². The van der Waals surface area contributed by atoms with E-state index in [0.29, 0.717) is 0 Å². The Morgan fingerprint density at radius 2 is 1.83 bits per heavy atom. The van der Waals surface area contributed by atoms with Crippen LogP contribution in [-0.2, 0) is 9.47 Å². The van der Waals surface area contributed by atoms with Gasteiger partial charge in [-0.2, -0.15) is 0 Å². The Hall–Kier alpha value is 0.460. The van der Waals surface area contributed by atoms with Crippen molar-refractivity contribution in [1.82, 2.24) is 0 Å². The maximum absolute atomic E-state index is 8.78. The van der Waals surface area contributed by atoms with Crippen molar-refractivity contribution >= 4 is 23.2 Å². The second kappa shape index (κ2) is 6.92. The third-order valence-corrected chi connectivity index (χ3v) is 1.32. The largest absolute Gasteiger partial charge is 0.394 e. The minimum absolute atomic E-state index is 0.124. The summed E-state index contributed by atoms with van der Waals surface area (Å²) in [6.07, 6.45) is -0.404. The van der Waals surface area contributed by atoms with Gasteiger partial charge in [0.05, 0.1) is 13.2 Å². The van der Waals surface area contributed by atoms with Crippen molar-refractivity contribution in [2.75, 3.05) is 13.2 Å². The van der Waals surface area contributed by atoms with Gasteiger partial charge in [0, 0.05) is 0 Å². The Labute approximate surface area is 82.6 Å². The highest BCUT2D eigenvalue weighted by Gasteiger charge is 2.11. The van der Waals surface area contributed by atoms with Crippen molar-refractivity contribution in [3.63, 3.8) is 0 Å². The minimum Gasteiger partial charge on any atom is -0.394 e. The van der Waals surface area contributed by atoms with Crippen LogP contribution in [0, 0.1) is 0 Å². The van der Waals surface area contributed by atoms with E-state index >= 15 is 0 Å². The zero-order valence-corrected chi connectivity index (χ0v) is 8.68. The van der Waals surface area contributed by atoms with Crippen LogP contribution in [0.3, 0.4) is 0 Å². The van der Waals surface area contributed by atoms with E-state index in [0.717, 1.165) is 0 Å². The Kier molecular flexibility index (Phi) is 7.19. The van der Waals surface area contributed by atoms with E-state index in [1.54, 1.807) is 13.8 Å². The Morgan fingerprint density at radius 3 is 2.17 bits per heavy atom. The van der Waals surface area contributed by atoms with Crippen molar-refractivity contribution < 1.29 is 14.6 Å². The molecule has 0 saturated carbocycles. The van der Waals surface area contributed by atoms with E-state index in [1.807, 2.05) is 0 Å². The van der Waals surface area contributed by atoms with Crippen LogP contribution in [0.15, 0.2) is 0 Å². The van der Waals surface area contributed by atoms with Gasteiger partial charge >= 0.3 is 0 Å². The molecule has 0 aromatic rings. The van der Waals surface area contributed by atoms with Crippen molar-refractivity contribution in [2.24, 2.45) is 0 Å². The molecule has 74 valence electrons. The highest BCUT2D eigenvalue weighted by Crippen LogP contribution is 2.05. The van der Waals surface area contributed by atoms with Crippen LogP contribution in [0.2, 0.25) is 0 Å². The molecule has 0 heterocycles. The summed E-state index contributed by atoms with van der Waals surface area (Å²) in [4.78, 5) is 0. The number of hydrogen-bond donors (Lipinski definition) is 1. The molecule has 0 aliphatic carbocycles. The second-order valence-corrected chi connectivity index (χ2v) is 3.59. The zero-order valence-electron chi connectivity index (χ0n) is 7.17. The standard InChI is InChI=1S/C7H14Cl2O3/c1-5(8)11-4-7(3-10)12-6(2)9/h5-7,10H,3-4H2,1-2H3. The number of alkyl halides is 2. The summed E-state index contributed by atoms with van der Waals surface area (Å²) in [5, 5.41) is 8.78. The molecule has 0 bridgehead atoms. The van der Waals surface area contributed by atoms with E-state index in [-0.39, 0.29) is 18.8 Å². The predicted octanol–water partition coefficient (Wildman–Crippen LogP) is 1.55. The smallest absolute Gasteiger partial charge is 0.129 e. The maximum atomic E-state index is 8.78. The predicted molar refractivity (Wildman–Crippen MR) is 48.5 cm³/mol. The van der Waals surface area contributed by atoms with Crippen LogP contribution < -0.4 is 0 Å². The second-order valence-electron chi connectivity index (χ2n) is 2.36. The lowest BCUT2D eigenvalue weighted by atomic mass is 10.4. The molecule has 3 unspecified atom stereocenters. The molecule has 0 aromatic heterocycles. The average Bonchev–Trinajstić information content (AvgIpc) is 1.97. The van der Waals surface area contributed by atoms with Crippen LogP contribution in [0.25, 0.3) is 0 Å². The Balaban J connectivity index is 3.53. The molecule has 0 aliphatic heterocycles. The number of rotatable bonds is 6. The summed E-state index contributed by atoms with van der Waals surface area (Å²) in [6.45, 7) is 3.49. The third kappa shape index (κ3) is 7.13. The molecule has 1 N–H and O–H groups in total. The lowest BCUT2D eigenvalue weighted by Gasteiger charge is -2.17. The molecule has 0 radical (unpaired) electrons. The van der Waals surface area contributed by atoms with Crippen LogP contribution in [0.1, 0.15) is 13.8 Å².